The van der Waals surface area contributed by atoms with E-state index in [1.54, 1.807) is 0 Å². The van der Waals surface area contributed by atoms with Gasteiger partial charge in [0.1, 0.15) is 0 Å². The molecule has 2 aliphatic heterocycles. The number of rotatable bonds is 1. The molecule has 0 aliphatic carbocycles. The molecule has 2 N–H and O–H groups in total. The van der Waals surface area contributed by atoms with E-state index in [0.717, 1.165) is 6.54 Å². The Labute approximate surface area is 68.7 Å². The molecular formula is C9H18N2. The van der Waals surface area contributed by atoms with Gasteiger partial charge in [0.15, 0.2) is 0 Å². The zero-order valence-electron chi connectivity index (χ0n) is 7.34. The zero-order valence-corrected chi connectivity index (χ0v) is 7.34. The fourth-order valence-electron chi connectivity index (χ4n) is 2.89. The first-order valence-corrected chi connectivity index (χ1v) is 4.77. The molecule has 0 aromatic heterocycles. The molecule has 0 aromatic rings. The van der Waals surface area contributed by atoms with Gasteiger partial charge in [-0.05, 0) is 32.2 Å². The molecule has 2 rings (SSSR count). The van der Waals surface area contributed by atoms with Crippen molar-refractivity contribution in [2.45, 2.75) is 44.2 Å². The van der Waals surface area contributed by atoms with Crippen molar-refractivity contribution < 1.29 is 0 Å². The van der Waals surface area contributed by atoms with Crippen molar-refractivity contribution in [3.63, 3.8) is 0 Å². The lowest BCUT2D eigenvalue weighted by atomic mass is 9.90. The van der Waals surface area contributed by atoms with E-state index >= 15 is 0 Å². The van der Waals surface area contributed by atoms with Gasteiger partial charge in [0, 0.05) is 18.1 Å². The molecule has 0 unspecified atom stereocenters. The Balaban J connectivity index is 2.15. The lowest BCUT2D eigenvalue weighted by Gasteiger charge is -2.30. The van der Waals surface area contributed by atoms with Crippen molar-refractivity contribution in [1.29, 1.82) is 0 Å². The summed E-state index contributed by atoms with van der Waals surface area (Å²) in [6.07, 6.45) is 5.31. The highest BCUT2D eigenvalue weighted by molar-refractivity contribution is 5.03. The minimum Gasteiger partial charge on any atom is -0.326 e. The maximum Gasteiger partial charge on any atom is 0.0223 e. The molecule has 2 atom stereocenters. The van der Waals surface area contributed by atoms with Crippen molar-refractivity contribution in [2.24, 2.45) is 5.73 Å². The van der Waals surface area contributed by atoms with Gasteiger partial charge < -0.3 is 5.73 Å². The average molecular weight is 154 g/mol. The van der Waals surface area contributed by atoms with Gasteiger partial charge in [0.25, 0.3) is 0 Å². The van der Waals surface area contributed by atoms with Crippen LogP contribution < -0.4 is 5.73 Å². The van der Waals surface area contributed by atoms with E-state index in [0.29, 0.717) is 11.6 Å². The van der Waals surface area contributed by atoms with Crippen LogP contribution in [0.5, 0.6) is 0 Å². The fourth-order valence-corrected chi connectivity index (χ4v) is 2.89. The van der Waals surface area contributed by atoms with Gasteiger partial charge in [-0.1, -0.05) is 6.92 Å². The van der Waals surface area contributed by atoms with E-state index in [9.17, 15) is 0 Å². The lowest BCUT2D eigenvalue weighted by molar-refractivity contribution is 0.189. The molecule has 11 heavy (non-hydrogen) atoms. The number of fused-ring (bicyclic) bond motifs is 1. The van der Waals surface area contributed by atoms with Gasteiger partial charge in [-0.25, -0.2) is 0 Å². The van der Waals surface area contributed by atoms with Crippen LogP contribution in [-0.4, -0.2) is 29.6 Å². The Kier molecular flexibility index (Phi) is 1.69. The fraction of sp³-hybridized carbons (Fsp3) is 1.00. The Morgan fingerprint density at radius 1 is 1.64 bits per heavy atom. The van der Waals surface area contributed by atoms with Crippen LogP contribution in [0.15, 0.2) is 0 Å². The molecule has 64 valence electrons. The molecule has 0 aromatic carbocycles. The molecule has 0 amide bonds. The molecular weight excluding hydrogens is 136 g/mol. The Bertz CT molecular complexity index is 158. The number of nitrogens with zero attached hydrogens (tertiary/aromatic N) is 1. The summed E-state index contributed by atoms with van der Waals surface area (Å²) in [5.41, 5.74) is 6.47. The van der Waals surface area contributed by atoms with Crippen molar-refractivity contribution in [2.75, 3.05) is 13.1 Å². The molecule has 2 saturated heterocycles. The summed E-state index contributed by atoms with van der Waals surface area (Å²) in [7, 11) is 0. The third kappa shape index (κ3) is 1.00. The maximum absolute atomic E-state index is 5.94. The minimum atomic E-state index is 0.454. The quantitative estimate of drug-likeness (QED) is 0.609. The molecule has 2 heterocycles. The van der Waals surface area contributed by atoms with Gasteiger partial charge in [0.05, 0.1) is 0 Å². The molecule has 2 heteroatoms. The third-order valence-electron chi connectivity index (χ3n) is 3.50. The molecule has 2 aliphatic rings. The molecule has 0 saturated carbocycles. The predicted octanol–water partition coefficient (Wildman–Crippen LogP) is 0.962. The first kappa shape index (κ1) is 7.56. The summed E-state index contributed by atoms with van der Waals surface area (Å²) in [6.45, 7) is 4.74. The van der Waals surface area contributed by atoms with Gasteiger partial charge >= 0.3 is 0 Å². The van der Waals surface area contributed by atoms with Gasteiger partial charge in [0.2, 0.25) is 0 Å². The molecule has 0 radical (unpaired) electrons. The van der Waals surface area contributed by atoms with Gasteiger partial charge in [-0.15, -0.1) is 0 Å². The molecule has 2 fully saturated rings. The van der Waals surface area contributed by atoms with Crippen molar-refractivity contribution in [3.05, 3.63) is 0 Å². The van der Waals surface area contributed by atoms with Gasteiger partial charge in [-0.3, -0.25) is 4.90 Å². The van der Waals surface area contributed by atoms with Crippen LogP contribution in [0.25, 0.3) is 0 Å². The second kappa shape index (κ2) is 2.46. The summed E-state index contributed by atoms with van der Waals surface area (Å²) in [4.78, 5) is 2.61. The van der Waals surface area contributed by atoms with Crippen molar-refractivity contribution in [1.82, 2.24) is 4.90 Å². The second-order valence-electron chi connectivity index (χ2n) is 4.09. The van der Waals surface area contributed by atoms with Crippen LogP contribution in [0.3, 0.4) is 0 Å². The van der Waals surface area contributed by atoms with Crippen molar-refractivity contribution >= 4 is 0 Å². The number of hydrogen-bond donors (Lipinski definition) is 1. The van der Waals surface area contributed by atoms with E-state index < -0.39 is 0 Å². The highest BCUT2D eigenvalue weighted by Gasteiger charge is 2.45. The largest absolute Gasteiger partial charge is 0.326 e. The smallest absolute Gasteiger partial charge is 0.0223 e. The van der Waals surface area contributed by atoms with E-state index in [-0.39, 0.29) is 0 Å². The van der Waals surface area contributed by atoms with Crippen molar-refractivity contribution in [3.8, 4) is 0 Å². The standard InChI is InChI=1S/C9H18N2/c1-2-9-4-3-5-11(9)7-8(10)6-9/h8H,2-7,10H2,1H3/t8-,9-/m0/s1. The highest BCUT2D eigenvalue weighted by atomic mass is 15.3. The monoisotopic (exact) mass is 154 g/mol. The van der Waals surface area contributed by atoms with Crippen LogP contribution in [0, 0.1) is 0 Å². The van der Waals surface area contributed by atoms with Gasteiger partial charge in [-0.2, -0.15) is 0 Å². The van der Waals surface area contributed by atoms with E-state index in [4.69, 9.17) is 5.73 Å². The first-order valence-electron chi connectivity index (χ1n) is 4.77. The summed E-state index contributed by atoms with van der Waals surface area (Å²) < 4.78 is 0. The lowest BCUT2D eigenvalue weighted by Crippen LogP contribution is -2.37. The third-order valence-corrected chi connectivity index (χ3v) is 3.50. The van der Waals surface area contributed by atoms with E-state index in [1.807, 2.05) is 0 Å². The SMILES string of the molecule is CC[C@@]12CCCN1C[C@@H](N)C2. The zero-order chi connectivity index (χ0) is 7.90. The summed E-state index contributed by atoms with van der Waals surface area (Å²) in [5.74, 6) is 0. The highest BCUT2D eigenvalue weighted by Crippen LogP contribution is 2.40. The van der Waals surface area contributed by atoms with Crippen LogP contribution in [0.1, 0.15) is 32.6 Å². The van der Waals surface area contributed by atoms with Crippen LogP contribution >= 0.6 is 0 Å². The number of nitrogens with two attached hydrogens (primary N) is 1. The topological polar surface area (TPSA) is 29.3 Å². The minimum absolute atomic E-state index is 0.454. The summed E-state index contributed by atoms with van der Waals surface area (Å²) in [5, 5.41) is 0. The Morgan fingerprint density at radius 3 is 3.09 bits per heavy atom. The first-order chi connectivity index (χ1) is 5.27. The van der Waals surface area contributed by atoms with Crippen LogP contribution in [0.4, 0.5) is 0 Å². The second-order valence-corrected chi connectivity index (χ2v) is 4.09. The molecule has 2 nitrogen and oxygen atoms in total. The Morgan fingerprint density at radius 2 is 2.45 bits per heavy atom. The van der Waals surface area contributed by atoms with E-state index in [1.165, 1.54) is 32.2 Å². The maximum atomic E-state index is 5.94. The molecule has 0 spiro atoms. The average Bonchev–Trinajstić information content (AvgIpc) is 2.43. The molecule has 0 bridgehead atoms. The van der Waals surface area contributed by atoms with Crippen LogP contribution in [0.2, 0.25) is 0 Å². The Hall–Kier alpha value is -0.0800. The van der Waals surface area contributed by atoms with Crippen LogP contribution in [-0.2, 0) is 0 Å². The summed E-state index contributed by atoms with van der Waals surface area (Å²) >= 11 is 0. The predicted molar refractivity (Wildman–Crippen MR) is 46.4 cm³/mol. The number of hydrogen-bond acceptors (Lipinski definition) is 2. The van der Waals surface area contributed by atoms with E-state index in [2.05, 4.69) is 11.8 Å². The normalized spacial score (nSPS) is 44.7. The summed E-state index contributed by atoms with van der Waals surface area (Å²) in [6, 6.07) is 0.454.